The van der Waals surface area contributed by atoms with Gasteiger partial charge in [0.05, 0.1) is 5.69 Å². The average molecular weight is 241 g/mol. The molecule has 1 atom stereocenters. The molecule has 0 saturated carbocycles. The van der Waals surface area contributed by atoms with E-state index in [1.54, 1.807) is 12.3 Å². The molecule has 90 valence electrons. The Morgan fingerprint density at radius 1 is 1.33 bits per heavy atom. The van der Waals surface area contributed by atoms with E-state index in [1.807, 2.05) is 12.1 Å². The summed E-state index contributed by atoms with van der Waals surface area (Å²) in [4.78, 5) is 15.2. The Hall–Kier alpha value is -2.03. The van der Waals surface area contributed by atoms with E-state index in [2.05, 4.69) is 4.98 Å². The Morgan fingerprint density at radius 3 is 3.06 bits per heavy atom. The highest BCUT2D eigenvalue weighted by Crippen LogP contribution is 2.37. The van der Waals surface area contributed by atoms with Crippen molar-refractivity contribution in [3.63, 3.8) is 0 Å². The molecular weight excluding hydrogens is 229 g/mol. The van der Waals surface area contributed by atoms with E-state index in [4.69, 9.17) is 0 Å². The topological polar surface area (TPSA) is 30.0 Å². The van der Waals surface area contributed by atoms with Gasteiger partial charge in [-0.2, -0.15) is 0 Å². The van der Waals surface area contributed by atoms with Gasteiger partial charge in [0.15, 0.2) is 0 Å². The van der Waals surface area contributed by atoms with E-state index < -0.39 is 0 Å². The van der Waals surface area contributed by atoms with Gasteiger partial charge >= 0.3 is 0 Å². The van der Waals surface area contributed by atoms with Gasteiger partial charge in [-0.25, -0.2) is 4.39 Å². The monoisotopic (exact) mass is 241 g/mol. The van der Waals surface area contributed by atoms with Crippen molar-refractivity contribution in [2.45, 2.75) is 18.8 Å². The van der Waals surface area contributed by atoms with Crippen LogP contribution in [0.25, 0.3) is 0 Å². The predicted octanol–water partition coefficient (Wildman–Crippen LogP) is 3.11. The highest BCUT2D eigenvalue weighted by Gasteiger charge is 2.27. The fraction of sp³-hybridized carbons (Fsp3) is 0.200. The molecule has 0 spiro atoms. The van der Waals surface area contributed by atoms with E-state index in [0.717, 1.165) is 24.8 Å². The lowest BCUT2D eigenvalue weighted by atomic mass is 9.94. The minimum absolute atomic E-state index is 0.0268. The van der Waals surface area contributed by atoms with Gasteiger partial charge in [-0.1, -0.05) is 6.07 Å². The van der Waals surface area contributed by atoms with Crippen LogP contribution in [0.1, 0.15) is 39.5 Å². The molecule has 0 radical (unpaired) electrons. The molecule has 3 rings (SSSR count). The second-order valence-corrected chi connectivity index (χ2v) is 4.54. The molecule has 3 heteroatoms. The lowest BCUT2D eigenvalue weighted by molar-refractivity contribution is 0.112. The summed E-state index contributed by atoms with van der Waals surface area (Å²) in [6.07, 6.45) is 4.25. The van der Waals surface area contributed by atoms with Gasteiger partial charge in [0, 0.05) is 17.7 Å². The van der Waals surface area contributed by atoms with Crippen molar-refractivity contribution >= 4 is 6.29 Å². The molecule has 2 aromatic rings. The largest absolute Gasteiger partial charge is 0.298 e. The molecule has 0 amide bonds. The number of nitrogens with zero attached hydrogens (tertiary/aromatic N) is 1. The average Bonchev–Trinajstić information content (AvgIpc) is 2.83. The van der Waals surface area contributed by atoms with E-state index in [0.29, 0.717) is 11.1 Å². The molecule has 1 aliphatic carbocycles. The summed E-state index contributed by atoms with van der Waals surface area (Å²) in [5.74, 6) is -0.287. The third-order valence-corrected chi connectivity index (χ3v) is 3.49. The first-order valence-corrected chi connectivity index (χ1v) is 5.98. The molecule has 0 bridgehead atoms. The van der Waals surface area contributed by atoms with Crippen molar-refractivity contribution in [3.05, 3.63) is 64.7 Å². The highest BCUT2D eigenvalue weighted by atomic mass is 19.1. The number of carbonyl (C=O) groups is 1. The van der Waals surface area contributed by atoms with Crippen molar-refractivity contribution in [1.82, 2.24) is 4.98 Å². The molecule has 0 saturated heterocycles. The number of aromatic nitrogens is 1. The van der Waals surface area contributed by atoms with Gasteiger partial charge in [0.25, 0.3) is 0 Å². The third kappa shape index (κ3) is 1.72. The normalized spacial score (nSPS) is 17.5. The van der Waals surface area contributed by atoms with Crippen molar-refractivity contribution in [2.75, 3.05) is 0 Å². The van der Waals surface area contributed by atoms with Crippen molar-refractivity contribution < 1.29 is 9.18 Å². The van der Waals surface area contributed by atoms with Gasteiger partial charge in [-0.3, -0.25) is 9.78 Å². The Bertz CT molecular complexity index is 609. The summed E-state index contributed by atoms with van der Waals surface area (Å²) in [5.41, 5.74) is 3.21. The van der Waals surface area contributed by atoms with Crippen LogP contribution in [-0.4, -0.2) is 11.3 Å². The summed E-state index contributed by atoms with van der Waals surface area (Å²) < 4.78 is 13.9. The van der Waals surface area contributed by atoms with Gasteiger partial charge in [-0.05, 0) is 48.2 Å². The number of aldehydes is 1. The summed E-state index contributed by atoms with van der Waals surface area (Å²) in [7, 11) is 0. The number of pyridine rings is 1. The molecule has 18 heavy (non-hydrogen) atoms. The minimum Gasteiger partial charge on any atom is -0.298 e. The second kappa shape index (κ2) is 4.33. The van der Waals surface area contributed by atoms with Crippen LogP contribution in [0.5, 0.6) is 0 Å². The fourth-order valence-electron chi connectivity index (χ4n) is 2.62. The van der Waals surface area contributed by atoms with E-state index in [9.17, 15) is 9.18 Å². The first-order chi connectivity index (χ1) is 8.79. The standard InChI is InChI=1S/C15H12FNO/c16-14-6-3-10(9-18)8-13(14)12-5-4-11-2-1-7-17-15(11)12/h1-3,6-9,12H,4-5H2. The first kappa shape index (κ1) is 11.1. The van der Waals surface area contributed by atoms with Gasteiger partial charge in [0.1, 0.15) is 12.1 Å². The maximum Gasteiger partial charge on any atom is 0.150 e. The first-order valence-electron chi connectivity index (χ1n) is 5.98. The van der Waals surface area contributed by atoms with Gasteiger partial charge in [-0.15, -0.1) is 0 Å². The molecule has 1 aromatic carbocycles. The zero-order valence-electron chi connectivity index (χ0n) is 9.77. The van der Waals surface area contributed by atoms with E-state index in [1.165, 1.54) is 17.7 Å². The molecule has 1 aromatic heterocycles. The number of aryl methyl sites for hydroxylation is 1. The zero-order chi connectivity index (χ0) is 12.5. The van der Waals surface area contributed by atoms with Gasteiger partial charge in [0.2, 0.25) is 0 Å². The van der Waals surface area contributed by atoms with Crippen LogP contribution in [0, 0.1) is 5.82 Å². The van der Waals surface area contributed by atoms with Crippen LogP contribution in [0.15, 0.2) is 36.5 Å². The SMILES string of the molecule is O=Cc1ccc(F)c(C2CCc3cccnc32)c1. The fourth-order valence-corrected chi connectivity index (χ4v) is 2.62. The predicted molar refractivity (Wildman–Crippen MR) is 66.2 cm³/mol. The second-order valence-electron chi connectivity index (χ2n) is 4.54. The maximum atomic E-state index is 13.9. The number of rotatable bonds is 2. The molecular formula is C15H12FNO. The van der Waals surface area contributed by atoms with Crippen LogP contribution in [0.2, 0.25) is 0 Å². The summed E-state index contributed by atoms with van der Waals surface area (Å²) in [6.45, 7) is 0. The van der Waals surface area contributed by atoms with Crippen LogP contribution < -0.4 is 0 Å². The summed E-state index contributed by atoms with van der Waals surface area (Å²) in [6, 6.07) is 8.43. The van der Waals surface area contributed by atoms with Crippen LogP contribution in [0.3, 0.4) is 0 Å². The molecule has 0 N–H and O–H groups in total. The molecule has 0 fully saturated rings. The molecule has 2 nitrogen and oxygen atoms in total. The Labute approximate surface area is 104 Å². The Morgan fingerprint density at radius 2 is 2.22 bits per heavy atom. The highest BCUT2D eigenvalue weighted by molar-refractivity contribution is 5.75. The zero-order valence-corrected chi connectivity index (χ0v) is 9.77. The quantitative estimate of drug-likeness (QED) is 0.756. The number of fused-ring (bicyclic) bond motifs is 1. The number of hydrogen-bond donors (Lipinski definition) is 0. The summed E-state index contributed by atoms with van der Waals surface area (Å²) in [5, 5.41) is 0. The lowest BCUT2D eigenvalue weighted by Crippen LogP contribution is -2.02. The maximum absolute atomic E-state index is 13.9. The van der Waals surface area contributed by atoms with Gasteiger partial charge < -0.3 is 0 Å². The van der Waals surface area contributed by atoms with Crippen molar-refractivity contribution in [2.24, 2.45) is 0 Å². The molecule has 1 heterocycles. The molecule has 1 unspecified atom stereocenters. The van der Waals surface area contributed by atoms with E-state index >= 15 is 0 Å². The number of hydrogen-bond acceptors (Lipinski definition) is 2. The smallest absolute Gasteiger partial charge is 0.150 e. The third-order valence-electron chi connectivity index (χ3n) is 3.49. The molecule has 0 aliphatic heterocycles. The Balaban J connectivity index is 2.09. The van der Waals surface area contributed by atoms with Crippen LogP contribution >= 0.6 is 0 Å². The Kier molecular flexibility index (Phi) is 2.67. The van der Waals surface area contributed by atoms with Crippen molar-refractivity contribution in [3.8, 4) is 0 Å². The summed E-state index contributed by atoms with van der Waals surface area (Å²) >= 11 is 0. The van der Waals surface area contributed by atoms with Crippen LogP contribution in [-0.2, 0) is 6.42 Å². The van der Waals surface area contributed by atoms with E-state index in [-0.39, 0.29) is 11.7 Å². The van der Waals surface area contributed by atoms with Crippen molar-refractivity contribution in [1.29, 1.82) is 0 Å². The number of halogens is 1. The lowest BCUT2D eigenvalue weighted by Gasteiger charge is -2.12. The number of carbonyl (C=O) groups excluding carboxylic acids is 1. The number of benzene rings is 1. The van der Waals surface area contributed by atoms with Crippen LogP contribution in [0.4, 0.5) is 4.39 Å². The minimum atomic E-state index is -0.260. The molecule has 1 aliphatic rings.